The molecule has 0 radical (unpaired) electrons. The third kappa shape index (κ3) is 4.23. The number of ether oxygens (including phenoxy) is 2. The largest absolute Gasteiger partial charge is 0.448 e. The summed E-state index contributed by atoms with van der Waals surface area (Å²) in [5, 5.41) is 15.3. The van der Waals surface area contributed by atoms with Crippen molar-refractivity contribution in [3.05, 3.63) is 48.0 Å². The van der Waals surface area contributed by atoms with E-state index in [1.807, 2.05) is 49.4 Å². The van der Waals surface area contributed by atoms with Crippen molar-refractivity contribution < 1.29 is 14.3 Å². The van der Waals surface area contributed by atoms with Crippen LogP contribution in [0, 0.1) is 6.92 Å². The van der Waals surface area contributed by atoms with E-state index in [1.54, 1.807) is 4.68 Å². The number of tetrazole rings is 1. The van der Waals surface area contributed by atoms with E-state index in [9.17, 15) is 4.79 Å². The molecule has 2 aromatic carbocycles. The van der Waals surface area contributed by atoms with Crippen LogP contribution in [0.5, 0.6) is 11.5 Å². The van der Waals surface area contributed by atoms with Crippen LogP contribution in [-0.4, -0.2) is 37.7 Å². The first-order valence-corrected chi connectivity index (χ1v) is 11.4. The highest BCUT2D eigenvalue weighted by atomic mass is 32.2. The van der Waals surface area contributed by atoms with Crippen LogP contribution < -0.4 is 14.8 Å². The topological polar surface area (TPSA) is 91.2 Å². The van der Waals surface area contributed by atoms with E-state index in [4.69, 9.17) is 9.47 Å². The summed E-state index contributed by atoms with van der Waals surface area (Å²) >= 11 is 1.28. The van der Waals surface area contributed by atoms with Gasteiger partial charge < -0.3 is 14.8 Å². The van der Waals surface area contributed by atoms with Gasteiger partial charge in [0.2, 0.25) is 11.1 Å². The smallest absolute Gasteiger partial charge is 0.251 e. The Morgan fingerprint density at radius 1 is 1.10 bits per heavy atom. The number of hydrogen-bond donors (Lipinski definition) is 1. The van der Waals surface area contributed by atoms with E-state index in [-0.39, 0.29) is 11.7 Å². The highest BCUT2D eigenvalue weighted by molar-refractivity contribution is 7.99. The number of hydrogen-bond acceptors (Lipinski definition) is 7. The molecule has 9 heteroatoms. The molecule has 1 N–H and O–H groups in total. The van der Waals surface area contributed by atoms with Gasteiger partial charge in [0.25, 0.3) is 5.79 Å². The van der Waals surface area contributed by atoms with Gasteiger partial charge in [-0.2, -0.15) is 4.68 Å². The minimum atomic E-state index is -0.522. The first-order chi connectivity index (χ1) is 15.1. The van der Waals surface area contributed by atoms with Gasteiger partial charge in [-0.1, -0.05) is 35.9 Å². The van der Waals surface area contributed by atoms with Gasteiger partial charge in [-0.25, -0.2) is 0 Å². The van der Waals surface area contributed by atoms with E-state index in [2.05, 4.69) is 20.8 Å². The maximum absolute atomic E-state index is 12.5. The molecule has 160 valence electrons. The van der Waals surface area contributed by atoms with Crippen molar-refractivity contribution in [3.63, 3.8) is 0 Å². The number of carbonyl (C=O) groups excluding carboxylic acids is 1. The molecule has 31 heavy (non-hydrogen) atoms. The minimum absolute atomic E-state index is 0.144. The van der Waals surface area contributed by atoms with Crippen molar-refractivity contribution in [3.8, 4) is 17.2 Å². The molecule has 1 fully saturated rings. The second-order valence-electron chi connectivity index (χ2n) is 7.88. The van der Waals surface area contributed by atoms with Crippen LogP contribution in [0.2, 0.25) is 0 Å². The molecule has 0 unspecified atom stereocenters. The SMILES string of the molecule is Cc1ccc(-n2nnnc2SCC(=O)Nc2ccc3c(c2)OC2(CCCCC2)O3)cc1. The normalized spacial score (nSPS) is 16.4. The fourth-order valence-corrected chi connectivity index (χ4v) is 4.60. The molecule has 2 aliphatic rings. The number of aryl methyl sites for hydroxylation is 1. The summed E-state index contributed by atoms with van der Waals surface area (Å²) in [7, 11) is 0. The molecule has 8 nitrogen and oxygen atoms in total. The van der Waals surface area contributed by atoms with E-state index >= 15 is 0 Å². The Bertz CT molecular complexity index is 1090. The Labute approximate surface area is 184 Å². The van der Waals surface area contributed by atoms with Crippen molar-refractivity contribution >= 4 is 23.4 Å². The number of carbonyl (C=O) groups is 1. The zero-order valence-electron chi connectivity index (χ0n) is 17.2. The van der Waals surface area contributed by atoms with E-state index in [0.29, 0.717) is 16.6 Å². The van der Waals surface area contributed by atoms with Crippen molar-refractivity contribution in [2.24, 2.45) is 0 Å². The lowest BCUT2D eigenvalue weighted by Gasteiger charge is -2.31. The molecule has 1 aromatic heterocycles. The first-order valence-electron chi connectivity index (χ1n) is 10.4. The summed E-state index contributed by atoms with van der Waals surface area (Å²) in [5.74, 6) is 0.952. The number of anilines is 1. The van der Waals surface area contributed by atoms with E-state index in [1.165, 1.54) is 18.2 Å². The van der Waals surface area contributed by atoms with Crippen LogP contribution in [0.15, 0.2) is 47.6 Å². The van der Waals surface area contributed by atoms with Gasteiger partial charge in [0, 0.05) is 24.6 Å². The molecule has 3 aromatic rings. The summed E-state index contributed by atoms with van der Waals surface area (Å²) in [6, 6.07) is 13.4. The maximum Gasteiger partial charge on any atom is 0.251 e. The van der Waals surface area contributed by atoms with Gasteiger partial charge in [-0.3, -0.25) is 4.79 Å². The number of nitrogens with zero attached hydrogens (tertiary/aromatic N) is 4. The molecule has 1 spiro atoms. The van der Waals surface area contributed by atoms with Crippen LogP contribution in [-0.2, 0) is 4.79 Å². The number of aromatic nitrogens is 4. The third-order valence-corrected chi connectivity index (χ3v) is 6.41. The van der Waals surface area contributed by atoms with Gasteiger partial charge >= 0.3 is 0 Å². The van der Waals surface area contributed by atoms with Gasteiger partial charge in [0.05, 0.1) is 11.4 Å². The van der Waals surface area contributed by atoms with Crippen molar-refractivity contribution in [2.75, 3.05) is 11.1 Å². The molecule has 5 rings (SSSR count). The molecule has 1 aliphatic carbocycles. The van der Waals surface area contributed by atoms with Crippen molar-refractivity contribution in [2.45, 2.75) is 50.0 Å². The average Bonchev–Trinajstić information content (AvgIpc) is 3.37. The summed E-state index contributed by atoms with van der Waals surface area (Å²) in [6.45, 7) is 2.02. The Morgan fingerprint density at radius 2 is 1.87 bits per heavy atom. The highest BCUT2D eigenvalue weighted by Crippen LogP contribution is 2.46. The Kier molecular flexibility index (Phi) is 5.27. The molecule has 1 aliphatic heterocycles. The molecular weight excluding hydrogens is 414 g/mol. The van der Waals surface area contributed by atoms with Crippen LogP contribution >= 0.6 is 11.8 Å². The predicted molar refractivity (Wildman–Crippen MR) is 117 cm³/mol. The second kappa shape index (κ2) is 8.22. The molecule has 1 saturated carbocycles. The van der Waals surface area contributed by atoms with Gasteiger partial charge in [-0.15, -0.1) is 5.10 Å². The van der Waals surface area contributed by atoms with Crippen molar-refractivity contribution in [1.82, 2.24) is 20.2 Å². The zero-order chi connectivity index (χ0) is 21.3. The standard InChI is InChI=1S/C22H23N5O3S/c1-15-5-8-17(9-6-15)27-21(24-25-26-27)31-14-20(28)23-16-7-10-18-19(13-16)30-22(29-18)11-3-2-4-12-22/h5-10,13H,2-4,11-12,14H2,1H3,(H,23,28). The number of nitrogens with one attached hydrogen (secondary N) is 1. The van der Waals surface area contributed by atoms with Gasteiger partial charge in [0.1, 0.15) is 0 Å². The fraction of sp³-hybridized carbons (Fsp3) is 0.364. The Morgan fingerprint density at radius 3 is 2.68 bits per heavy atom. The van der Waals surface area contributed by atoms with Gasteiger partial charge in [0.15, 0.2) is 11.5 Å². The van der Waals surface area contributed by atoms with Gasteiger partial charge in [-0.05, 0) is 54.5 Å². The Balaban J connectivity index is 1.21. The zero-order valence-corrected chi connectivity index (χ0v) is 18.0. The molecule has 0 atom stereocenters. The van der Waals surface area contributed by atoms with Crippen molar-refractivity contribution in [1.29, 1.82) is 0 Å². The van der Waals surface area contributed by atoms with Crippen LogP contribution in [0.25, 0.3) is 5.69 Å². The van der Waals surface area contributed by atoms with E-state index in [0.717, 1.165) is 42.7 Å². The summed E-state index contributed by atoms with van der Waals surface area (Å²) in [6.07, 6.45) is 5.23. The van der Waals surface area contributed by atoms with Crippen LogP contribution in [0.4, 0.5) is 5.69 Å². The number of benzene rings is 2. The average molecular weight is 438 g/mol. The molecule has 0 saturated heterocycles. The molecule has 1 amide bonds. The first kappa shape index (κ1) is 19.9. The monoisotopic (exact) mass is 437 g/mol. The molecular formula is C22H23N5O3S. The lowest BCUT2D eigenvalue weighted by Crippen LogP contribution is -2.40. The number of fused-ring (bicyclic) bond motifs is 1. The fourth-order valence-electron chi connectivity index (χ4n) is 3.91. The maximum atomic E-state index is 12.5. The predicted octanol–water partition coefficient (Wildman–Crippen LogP) is 4.13. The summed E-state index contributed by atoms with van der Waals surface area (Å²) < 4.78 is 13.9. The number of amides is 1. The van der Waals surface area contributed by atoms with Crippen LogP contribution in [0.3, 0.4) is 0 Å². The number of thioether (sulfide) groups is 1. The van der Waals surface area contributed by atoms with Crippen LogP contribution in [0.1, 0.15) is 37.7 Å². The minimum Gasteiger partial charge on any atom is -0.448 e. The highest BCUT2D eigenvalue weighted by Gasteiger charge is 2.42. The van der Waals surface area contributed by atoms with E-state index < -0.39 is 5.79 Å². The molecule has 2 heterocycles. The Hall–Kier alpha value is -3.07. The second-order valence-corrected chi connectivity index (χ2v) is 8.83. The third-order valence-electron chi connectivity index (χ3n) is 5.49. The lowest BCUT2D eigenvalue weighted by atomic mass is 9.94. The lowest BCUT2D eigenvalue weighted by molar-refractivity contribution is -0.113. The summed E-state index contributed by atoms with van der Waals surface area (Å²) in [4.78, 5) is 12.5. The summed E-state index contributed by atoms with van der Waals surface area (Å²) in [5.41, 5.74) is 2.69. The molecule has 0 bridgehead atoms. The quantitative estimate of drug-likeness (QED) is 0.600. The number of rotatable bonds is 5.